The van der Waals surface area contributed by atoms with Gasteiger partial charge in [-0.05, 0) is 24.3 Å². The average Bonchev–Trinajstić information content (AvgIpc) is 2.80. The van der Waals surface area contributed by atoms with Gasteiger partial charge >= 0.3 is 0 Å². The monoisotopic (exact) mass is 478 g/mol. The van der Waals surface area contributed by atoms with Crippen LogP contribution in [0.3, 0.4) is 0 Å². The Morgan fingerprint density at radius 2 is 1.62 bits per heavy atom. The zero-order valence-corrected chi connectivity index (χ0v) is 17.7. The number of phenols is 3. The zero-order chi connectivity index (χ0) is 24.7. The molecule has 182 valence electrons. The molecule has 0 aliphatic carbocycles. The molecule has 34 heavy (non-hydrogen) atoms. The molecule has 7 N–H and O–H groups in total. The van der Waals surface area contributed by atoms with Crippen molar-refractivity contribution in [1.82, 2.24) is 0 Å². The lowest BCUT2D eigenvalue weighted by atomic mass is 9.99. The predicted octanol–water partition coefficient (Wildman–Crippen LogP) is -0.236. The van der Waals surface area contributed by atoms with Gasteiger partial charge in [0.05, 0.1) is 19.1 Å². The summed E-state index contributed by atoms with van der Waals surface area (Å²) in [5, 5.41) is 70.0. The lowest BCUT2D eigenvalue weighted by Crippen LogP contribution is -2.60. The quantitative estimate of drug-likeness (QED) is 0.254. The summed E-state index contributed by atoms with van der Waals surface area (Å²) in [6.07, 6.45) is -8.25. The van der Waals surface area contributed by atoms with Crippen molar-refractivity contribution in [3.05, 3.63) is 40.6 Å². The Bertz CT molecular complexity index is 1240. The van der Waals surface area contributed by atoms with Crippen LogP contribution in [0, 0.1) is 0 Å². The summed E-state index contributed by atoms with van der Waals surface area (Å²) in [4.78, 5) is 13.3. The van der Waals surface area contributed by atoms with Crippen molar-refractivity contribution in [3.8, 4) is 40.1 Å². The summed E-state index contributed by atoms with van der Waals surface area (Å²) in [6, 6.07) is 5.91. The highest BCUT2D eigenvalue weighted by atomic mass is 16.7. The minimum atomic E-state index is -1.82. The van der Waals surface area contributed by atoms with Crippen molar-refractivity contribution >= 4 is 11.0 Å². The van der Waals surface area contributed by atoms with Gasteiger partial charge in [-0.25, -0.2) is 0 Å². The number of hydrogen-bond acceptors (Lipinski definition) is 12. The summed E-state index contributed by atoms with van der Waals surface area (Å²) in [7, 11) is 1.22. The van der Waals surface area contributed by atoms with Crippen molar-refractivity contribution in [2.45, 2.75) is 30.7 Å². The van der Waals surface area contributed by atoms with Crippen LogP contribution in [0.25, 0.3) is 22.3 Å². The first-order chi connectivity index (χ1) is 16.2. The minimum Gasteiger partial charge on any atom is -0.508 e. The molecule has 1 saturated heterocycles. The molecule has 1 aliphatic heterocycles. The molecule has 2 heterocycles. The average molecular weight is 478 g/mol. The third-order valence-corrected chi connectivity index (χ3v) is 5.43. The van der Waals surface area contributed by atoms with Crippen molar-refractivity contribution in [2.75, 3.05) is 13.7 Å². The van der Waals surface area contributed by atoms with E-state index >= 15 is 0 Å². The number of ether oxygens (including phenoxy) is 3. The van der Waals surface area contributed by atoms with Crippen LogP contribution in [0.4, 0.5) is 0 Å². The lowest BCUT2D eigenvalue weighted by molar-refractivity contribution is -0.277. The molecule has 5 atom stereocenters. The molecular weight excluding hydrogens is 456 g/mol. The first-order valence-corrected chi connectivity index (χ1v) is 10.0. The van der Waals surface area contributed by atoms with Crippen molar-refractivity contribution in [3.63, 3.8) is 0 Å². The first kappa shape index (κ1) is 23.6. The fraction of sp³-hybridized carbons (Fsp3) is 0.318. The van der Waals surface area contributed by atoms with E-state index in [1.165, 1.54) is 25.3 Å². The van der Waals surface area contributed by atoms with E-state index < -0.39 is 60.0 Å². The van der Waals surface area contributed by atoms with Crippen molar-refractivity contribution < 1.29 is 54.4 Å². The standard InChI is InChI=1S/C22H22O12/c1-31-20-11(25)4-8(5-12(20)26)19-21(15(27)10-3-2-9(24)6-13(10)32-19)34-22-18(30)17(29)16(28)14(7-23)33-22/h2-6,14,16-18,22-26,28-30H,7H2,1H3/t14-,16-,17+,18-,22-/m1/s1. The molecule has 0 radical (unpaired) electrons. The van der Waals surface area contributed by atoms with Crippen LogP contribution in [0.2, 0.25) is 0 Å². The summed E-state index contributed by atoms with van der Waals surface area (Å²) >= 11 is 0. The molecule has 12 nitrogen and oxygen atoms in total. The Labute approximate surface area is 191 Å². The number of aliphatic hydroxyl groups is 4. The fourth-order valence-electron chi connectivity index (χ4n) is 3.68. The molecule has 4 rings (SSSR count). The zero-order valence-electron chi connectivity index (χ0n) is 17.7. The normalized spacial score (nSPS) is 24.8. The number of hydrogen-bond donors (Lipinski definition) is 7. The van der Waals surface area contributed by atoms with Gasteiger partial charge in [-0.2, -0.15) is 0 Å². The number of benzene rings is 2. The lowest BCUT2D eigenvalue weighted by Gasteiger charge is -2.39. The number of rotatable bonds is 5. The molecule has 0 unspecified atom stereocenters. The molecule has 3 aromatic rings. The van der Waals surface area contributed by atoms with E-state index in [4.69, 9.17) is 18.6 Å². The van der Waals surface area contributed by atoms with Crippen LogP contribution >= 0.6 is 0 Å². The highest BCUT2D eigenvalue weighted by Crippen LogP contribution is 2.42. The Morgan fingerprint density at radius 3 is 2.24 bits per heavy atom. The van der Waals surface area contributed by atoms with E-state index in [1.54, 1.807) is 0 Å². The molecule has 0 spiro atoms. The van der Waals surface area contributed by atoms with E-state index in [0.717, 1.165) is 12.1 Å². The predicted molar refractivity (Wildman–Crippen MR) is 114 cm³/mol. The van der Waals surface area contributed by atoms with Gasteiger partial charge in [-0.3, -0.25) is 4.79 Å². The largest absolute Gasteiger partial charge is 0.508 e. The summed E-state index contributed by atoms with van der Waals surface area (Å²) in [5.74, 6) is -2.28. The maximum Gasteiger partial charge on any atom is 0.235 e. The summed E-state index contributed by atoms with van der Waals surface area (Å²) < 4.78 is 21.6. The second-order valence-electron chi connectivity index (χ2n) is 7.63. The van der Waals surface area contributed by atoms with E-state index in [0.29, 0.717) is 0 Å². The molecule has 1 aliphatic rings. The molecule has 0 amide bonds. The van der Waals surface area contributed by atoms with Crippen LogP contribution in [-0.2, 0) is 4.74 Å². The van der Waals surface area contributed by atoms with Crippen LogP contribution in [0.5, 0.6) is 28.7 Å². The number of aliphatic hydroxyl groups excluding tert-OH is 4. The first-order valence-electron chi connectivity index (χ1n) is 10.0. The molecule has 1 fully saturated rings. The summed E-state index contributed by atoms with van der Waals surface area (Å²) in [6.45, 7) is -0.719. The van der Waals surface area contributed by atoms with Crippen molar-refractivity contribution in [1.29, 1.82) is 0 Å². The fourth-order valence-corrected chi connectivity index (χ4v) is 3.68. The van der Waals surface area contributed by atoms with Crippen LogP contribution in [-0.4, -0.2) is 80.2 Å². The molecule has 1 aromatic heterocycles. The van der Waals surface area contributed by atoms with Gasteiger partial charge in [0.15, 0.2) is 17.3 Å². The van der Waals surface area contributed by atoms with Gasteiger partial charge in [0.2, 0.25) is 23.2 Å². The Hall–Kier alpha value is -3.55. The van der Waals surface area contributed by atoms with Gasteiger partial charge in [-0.15, -0.1) is 0 Å². The van der Waals surface area contributed by atoms with Gasteiger partial charge in [0.1, 0.15) is 35.7 Å². The number of fused-ring (bicyclic) bond motifs is 1. The molecule has 2 aromatic carbocycles. The Kier molecular flexibility index (Phi) is 6.25. The Balaban J connectivity index is 1.90. The highest BCUT2D eigenvalue weighted by Gasteiger charge is 2.45. The van der Waals surface area contributed by atoms with E-state index in [9.17, 15) is 40.5 Å². The molecular formula is C22H22O12. The number of aromatic hydroxyl groups is 3. The molecule has 0 bridgehead atoms. The topological polar surface area (TPSA) is 200 Å². The second-order valence-corrected chi connectivity index (χ2v) is 7.63. The van der Waals surface area contributed by atoms with E-state index in [1.807, 2.05) is 0 Å². The van der Waals surface area contributed by atoms with Gasteiger partial charge in [0.25, 0.3) is 0 Å². The van der Waals surface area contributed by atoms with Crippen molar-refractivity contribution in [2.24, 2.45) is 0 Å². The van der Waals surface area contributed by atoms with E-state index in [-0.39, 0.29) is 33.8 Å². The number of methoxy groups -OCH3 is 1. The van der Waals surface area contributed by atoms with Gasteiger partial charge in [-0.1, -0.05) is 0 Å². The maximum absolute atomic E-state index is 13.3. The summed E-state index contributed by atoms with van der Waals surface area (Å²) in [5.41, 5.74) is -0.878. The van der Waals surface area contributed by atoms with Gasteiger partial charge < -0.3 is 54.4 Å². The smallest absolute Gasteiger partial charge is 0.235 e. The maximum atomic E-state index is 13.3. The van der Waals surface area contributed by atoms with Crippen LogP contribution in [0.15, 0.2) is 39.5 Å². The molecule has 12 heteroatoms. The van der Waals surface area contributed by atoms with Gasteiger partial charge in [0, 0.05) is 11.6 Å². The second kappa shape index (κ2) is 9.00. The number of phenolic OH excluding ortho intramolecular Hbond substituents is 3. The van der Waals surface area contributed by atoms with E-state index in [2.05, 4.69) is 0 Å². The third kappa shape index (κ3) is 3.97. The minimum absolute atomic E-state index is 0.0249. The Morgan fingerprint density at radius 1 is 0.941 bits per heavy atom. The molecule has 0 saturated carbocycles. The SMILES string of the molecule is COc1c(O)cc(-c2oc3cc(O)ccc3c(=O)c2O[C@H]2O[C@H](CO)[C@@H](O)[C@H](O)[C@H]2O)cc1O. The van der Waals surface area contributed by atoms with Crippen LogP contribution in [0.1, 0.15) is 0 Å². The highest BCUT2D eigenvalue weighted by molar-refractivity contribution is 5.83. The third-order valence-electron chi connectivity index (χ3n) is 5.43. The van der Waals surface area contributed by atoms with Crippen LogP contribution < -0.4 is 14.9 Å².